The molecular weight excluding hydrogens is 190 g/mol. The lowest BCUT2D eigenvalue weighted by molar-refractivity contribution is -0.121. The highest BCUT2D eigenvalue weighted by atomic mass is 16.1. The van der Waals surface area contributed by atoms with Gasteiger partial charge in [-0.3, -0.25) is 9.69 Å². The summed E-state index contributed by atoms with van der Waals surface area (Å²) in [4.78, 5) is 13.0. The second kappa shape index (κ2) is 6.03. The molecule has 0 aromatic heterocycles. The van der Waals surface area contributed by atoms with Gasteiger partial charge in [0.2, 0.25) is 5.91 Å². The van der Waals surface area contributed by atoms with Crippen LogP contribution in [0.5, 0.6) is 0 Å². The first-order chi connectivity index (χ1) is 7.22. The zero-order valence-electron chi connectivity index (χ0n) is 9.16. The molecule has 0 aliphatic heterocycles. The summed E-state index contributed by atoms with van der Waals surface area (Å²) in [6.07, 6.45) is 0. The van der Waals surface area contributed by atoms with E-state index in [1.807, 2.05) is 42.3 Å². The number of para-hydroxylation sites is 1. The van der Waals surface area contributed by atoms with Gasteiger partial charge in [-0.05, 0) is 19.2 Å². The van der Waals surface area contributed by atoms with E-state index in [2.05, 4.69) is 10.6 Å². The van der Waals surface area contributed by atoms with Crippen molar-refractivity contribution in [2.45, 2.75) is 0 Å². The molecule has 0 spiro atoms. The molecule has 0 aliphatic carbocycles. The third-order valence-corrected chi connectivity index (χ3v) is 2.02. The topological polar surface area (TPSA) is 44.4 Å². The molecule has 2 N–H and O–H groups in total. The van der Waals surface area contributed by atoms with Crippen molar-refractivity contribution in [3.8, 4) is 0 Å². The van der Waals surface area contributed by atoms with E-state index in [1.165, 1.54) is 0 Å². The number of hydrogen-bond acceptors (Lipinski definition) is 3. The van der Waals surface area contributed by atoms with E-state index in [-0.39, 0.29) is 5.91 Å². The van der Waals surface area contributed by atoms with Gasteiger partial charge >= 0.3 is 0 Å². The summed E-state index contributed by atoms with van der Waals surface area (Å²) in [5, 5.41) is 5.81. The van der Waals surface area contributed by atoms with Crippen LogP contribution in [0, 0.1) is 0 Å². The number of benzene rings is 1. The van der Waals surface area contributed by atoms with E-state index < -0.39 is 0 Å². The smallest absolute Gasteiger partial charge is 0.233 e. The molecule has 0 fully saturated rings. The van der Waals surface area contributed by atoms with Gasteiger partial charge in [0, 0.05) is 12.7 Å². The summed E-state index contributed by atoms with van der Waals surface area (Å²) in [6.45, 7) is 1.05. The number of nitrogens with zero attached hydrogens (tertiary/aromatic N) is 1. The Kier molecular flexibility index (Phi) is 4.63. The Bertz CT molecular complexity index is 300. The zero-order valence-corrected chi connectivity index (χ0v) is 9.16. The molecule has 1 rings (SSSR count). The third-order valence-electron chi connectivity index (χ3n) is 2.02. The normalized spacial score (nSPS) is 10.1. The van der Waals surface area contributed by atoms with Crippen LogP contribution in [-0.4, -0.2) is 38.1 Å². The van der Waals surface area contributed by atoms with Crippen molar-refractivity contribution in [2.24, 2.45) is 0 Å². The van der Waals surface area contributed by atoms with Crippen molar-refractivity contribution in [1.82, 2.24) is 10.2 Å². The van der Waals surface area contributed by atoms with Gasteiger partial charge in [-0.15, -0.1) is 0 Å². The largest absolute Gasteiger partial charge is 0.372 e. The Morgan fingerprint density at radius 3 is 2.60 bits per heavy atom. The summed E-state index contributed by atoms with van der Waals surface area (Å²) >= 11 is 0. The number of nitrogens with one attached hydrogen (secondary N) is 2. The molecule has 0 heterocycles. The summed E-state index contributed by atoms with van der Waals surface area (Å²) in [5.74, 6) is 0.0207. The Morgan fingerprint density at radius 1 is 1.33 bits per heavy atom. The van der Waals surface area contributed by atoms with Crippen LogP contribution in [0.15, 0.2) is 30.3 Å². The van der Waals surface area contributed by atoms with Gasteiger partial charge in [0.1, 0.15) is 0 Å². The minimum atomic E-state index is 0.0207. The molecule has 1 amide bonds. The monoisotopic (exact) mass is 207 g/mol. The third kappa shape index (κ3) is 4.46. The first-order valence-electron chi connectivity index (χ1n) is 4.90. The number of likely N-dealkylation sites (N-methyl/N-ethyl adjacent to an activating group) is 2. The molecule has 0 saturated heterocycles. The van der Waals surface area contributed by atoms with E-state index in [4.69, 9.17) is 0 Å². The van der Waals surface area contributed by atoms with Crippen LogP contribution in [-0.2, 0) is 4.79 Å². The number of rotatable bonds is 5. The van der Waals surface area contributed by atoms with Crippen LogP contribution in [0.2, 0.25) is 0 Å². The lowest BCUT2D eigenvalue weighted by Crippen LogP contribution is -2.35. The molecule has 1 aromatic rings. The highest BCUT2D eigenvalue weighted by molar-refractivity contribution is 5.77. The van der Waals surface area contributed by atoms with Crippen molar-refractivity contribution >= 4 is 11.6 Å². The van der Waals surface area contributed by atoms with Gasteiger partial charge in [-0.1, -0.05) is 18.2 Å². The van der Waals surface area contributed by atoms with Crippen LogP contribution < -0.4 is 10.6 Å². The molecule has 0 unspecified atom stereocenters. The van der Waals surface area contributed by atoms with Crippen LogP contribution in [0.25, 0.3) is 0 Å². The Morgan fingerprint density at radius 2 is 2.00 bits per heavy atom. The van der Waals surface area contributed by atoms with Gasteiger partial charge in [-0.2, -0.15) is 0 Å². The second-order valence-corrected chi connectivity index (χ2v) is 3.39. The van der Waals surface area contributed by atoms with Crippen molar-refractivity contribution in [1.29, 1.82) is 0 Å². The fourth-order valence-corrected chi connectivity index (χ4v) is 1.16. The summed E-state index contributed by atoms with van der Waals surface area (Å²) in [7, 11) is 3.53. The maximum atomic E-state index is 11.1. The zero-order chi connectivity index (χ0) is 11.1. The highest BCUT2D eigenvalue weighted by Crippen LogP contribution is 2.04. The second-order valence-electron chi connectivity index (χ2n) is 3.39. The van der Waals surface area contributed by atoms with Crippen molar-refractivity contribution < 1.29 is 4.79 Å². The first kappa shape index (κ1) is 11.5. The van der Waals surface area contributed by atoms with Crippen LogP contribution in [0.3, 0.4) is 0 Å². The number of anilines is 1. The fraction of sp³-hybridized carbons (Fsp3) is 0.364. The van der Waals surface area contributed by atoms with Crippen LogP contribution in [0.1, 0.15) is 0 Å². The van der Waals surface area contributed by atoms with Crippen molar-refractivity contribution in [3.63, 3.8) is 0 Å². The molecule has 15 heavy (non-hydrogen) atoms. The molecule has 1 aromatic carbocycles. The van der Waals surface area contributed by atoms with E-state index in [9.17, 15) is 4.79 Å². The minimum Gasteiger partial charge on any atom is -0.372 e. The summed E-state index contributed by atoms with van der Waals surface area (Å²) in [5.41, 5.74) is 1.06. The molecule has 0 atom stereocenters. The molecule has 0 aliphatic rings. The molecule has 4 heteroatoms. The maximum Gasteiger partial charge on any atom is 0.233 e. The predicted molar refractivity (Wildman–Crippen MR) is 61.6 cm³/mol. The Hall–Kier alpha value is -1.55. The average molecular weight is 207 g/mol. The van der Waals surface area contributed by atoms with Gasteiger partial charge in [-0.25, -0.2) is 0 Å². The Balaban J connectivity index is 2.28. The van der Waals surface area contributed by atoms with Gasteiger partial charge < -0.3 is 10.6 Å². The van der Waals surface area contributed by atoms with Gasteiger partial charge in [0.15, 0.2) is 0 Å². The van der Waals surface area contributed by atoms with E-state index in [1.54, 1.807) is 7.05 Å². The number of carbonyl (C=O) groups excluding carboxylic acids is 1. The van der Waals surface area contributed by atoms with Gasteiger partial charge in [0.25, 0.3) is 0 Å². The number of amides is 1. The van der Waals surface area contributed by atoms with Crippen LogP contribution in [0.4, 0.5) is 5.69 Å². The summed E-state index contributed by atoms with van der Waals surface area (Å²) in [6, 6.07) is 9.91. The number of hydrogen-bond donors (Lipinski definition) is 2. The maximum absolute atomic E-state index is 11.1. The van der Waals surface area contributed by atoms with Gasteiger partial charge in [0.05, 0.1) is 13.2 Å². The number of carbonyl (C=O) groups is 1. The predicted octanol–water partition coefficient (Wildman–Crippen LogP) is 0.734. The van der Waals surface area contributed by atoms with E-state index in [0.717, 1.165) is 5.69 Å². The van der Waals surface area contributed by atoms with Crippen molar-refractivity contribution in [3.05, 3.63) is 30.3 Å². The molecule has 0 saturated carbocycles. The average Bonchev–Trinajstić information content (AvgIpc) is 2.27. The van der Waals surface area contributed by atoms with E-state index >= 15 is 0 Å². The molecule has 0 bridgehead atoms. The molecule has 0 radical (unpaired) electrons. The Labute approximate surface area is 90.3 Å². The highest BCUT2D eigenvalue weighted by Gasteiger charge is 2.02. The van der Waals surface area contributed by atoms with Crippen molar-refractivity contribution in [2.75, 3.05) is 32.6 Å². The SMILES string of the molecule is CNC(=O)CN(C)CNc1ccccc1. The lowest BCUT2D eigenvalue weighted by atomic mass is 10.3. The molecule has 82 valence electrons. The molecular formula is C11H17N3O. The molecule has 4 nitrogen and oxygen atoms in total. The standard InChI is InChI=1S/C11H17N3O/c1-12-11(15)8-14(2)9-13-10-6-4-3-5-7-10/h3-7,13H,8-9H2,1-2H3,(H,12,15). The summed E-state index contributed by atoms with van der Waals surface area (Å²) < 4.78 is 0. The first-order valence-corrected chi connectivity index (χ1v) is 4.90. The fourth-order valence-electron chi connectivity index (χ4n) is 1.16. The lowest BCUT2D eigenvalue weighted by Gasteiger charge is -2.16. The van der Waals surface area contributed by atoms with E-state index in [0.29, 0.717) is 13.2 Å². The minimum absolute atomic E-state index is 0.0207. The van der Waals surface area contributed by atoms with Crippen LogP contribution >= 0.6 is 0 Å². The quantitative estimate of drug-likeness (QED) is 0.700.